The van der Waals surface area contributed by atoms with Crippen molar-refractivity contribution in [3.05, 3.63) is 65.7 Å². The number of carbonyl (C=O) groups is 1. The Bertz CT molecular complexity index is 752. The van der Waals surface area contributed by atoms with Gasteiger partial charge in [0.2, 0.25) is 5.91 Å². The van der Waals surface area contributed by atoms with Crippen LogP contribution in [0.1, 0.15) is 24.0 Å². The summed E-state index contributed by atoms with van der Waals surface area (Å²) in [5.74, 6) is 0.194. The van der Waals surface area contributed by atoms with Crippen molar-refractivity contribution in [3.8, 4) is 0 Å². The van der Waals surface area contributed by atoms with Crippen molar-refractivity contribution in [1.82, 2.24) is 9.88 Å². The number of hydrogen-bond donors (Lipinski definition) is 0. The van der Waals surface area contributed by atoms with Crippen molar-refractivity contribution < 1.29 is 13.9 Å². The van der Waals surface area contributed by atoms with Crippen LogP contribution in [0.3, 0.4) is 0 Å². The Kier molecular flexibility index (Phi) is 4.49. The monoisotopic (exact) mass is 340 g/mol. The molecular weight excluding hydrogens is 319 g/mol. The van der Waals surface area contributed by atoms with Gasteiger partial charge in [0, 0.05) is 30.9 Å². The van der Waals surface area contributed by atoms with Crippen LogP contribution in [0.25, 0.3) is 0 Å². The molecule has 4 rings (SSSR count). The molecule has 2 aromatic rings. The molecule has 4 nitrogen and oxygen atoms in total. The third-order valence-corrected chi connectivity index (χ3v) is 5.23. The molecule has 130 valence electrons. The van der Waals surface area contributed by atoms with Crippen LogP contribution < -0.4 is 0 Å². The number of ether oxygens (including phenoxy) is 1. The number of amides is 1. The van der Waals surface area contributed by atoms with E-state index in [2.05, 4.69) is 4.98 Å². The lowest BCUT2D eigenvalue weighted by atomic mass is 10.0. The van der Waals surface area contributed by atoms with E-state index in [0.717, 1.165) is 30.5 Å². The third-order valence-electron chi connectivity index (χ3n) is 5.23. The molecule has 1 saturated heterocycles. The molecule has 1 amide bonds. The Balaban J connectivity index is 1.31. The number of hydrogen-bond acceptors (Lipinski definition) is 3. The molecule has 1 saturated carbocycles. The zero-order valence-corrected chi connectivity index (χ0v) is 14.0. The summed E-state index contributed by atoms with van der Waals surface area (Å²) in [6, 6.07) is 10.5. The lowest BCUT2D eigenvalue weighted by molar-refractivity contribution is -0.133. The molecule has 3 atom stereocenters. The molecule has 2 heterocycles. The van der Waals surface area contributed by atoms with Crippen molar-refractivity contribution in [1.29, 1.82) is 0 Å². The Morgan fingerprint density at radius 3 is 2.84 bits per heavy atom. The number of rotatable bonds is 5. The maximum absolute atomic E-state index is 13.3. The van der Waals surface area contributed by atoms with Crippen LogP contribution in [0, 0.1) is 11.7 Å². The molecule has 0 radical (unpaired) electrons. The van der Waals surface area contributed by atoms with Crippen LogP contribution in [0.4, 0.5) is 4.39 Å². The molecule has 1 aromatic heterocycles. The van der Waals surface area contributed by atoms with Crippen molar-refractivity contribution in [2.75, 3.05) is 6.54 Å². The van der Waals surface area contributed by atoms with Crippen molar-refractivity contribution >= 4 is 5.91 Å². The predicted molar refractivity (Wildman–Crippen MR) is 91.1 cm³/mol. The highest BCUT2D eigenvalue weighted by molar-refractivity contribution is 5.79. The smallest absolute Gasteiger partial charge is 0.227 e. The topological polar surface area (TPSA) is 42.4 Å². The minimum absolute atomic E-state index is 0.0869. The second-order valence-corrected chi connectivity index (χ2v) is 6.95. The van der Waals surface area contributed by atoms with Gasteiger partial charge in [-0.05, 0) is 42.2 Å². The molecule has 2 aliphatic rings. The fourth-order valence-electron chi connectivity index (χ4n) is 4.03. The van der Waals surface area contributed by atoms with Crippen molar-refractivity contribution in [2.45, 2.75) is 38.0 Å². The van der Waals surface area contributed by atoms with Crippen LogP contribution in [-0.2, 0) is 22.6 Å². The SMILES string of the molecule is O=C(Cc1cccc(F)c1)N1CC2CC1CC2OCc1cccnc1. The zero-order valence-electron chi connectivity index (χ0n) is 14.0. The summed E-state index contributed by atoms with van der Waals surface area (Å²) in [5.41, 5.74) is 1.81. The second kappa shape index (κ2) is 6.92. The first-order valence-corrected chi connectivity index (χ1v) is 8.73. The molecule has 25 heavy (non-hydrogen) atoms. The highest BCUT2D eigenvalue weighted by Crippen LogP contribution is 2.40. The van der Waals surface area contributed by atoms with E-state index in [-0.39, 0.29) is 30.3 Å². The molecule has 5 heteroatoms. The molecule has 0 N–H and O–H groups in total. The predicted octanol–water partition coefficient (Wildman–Crippen LogP) is 2.97. The molecule has 3 unspecified atom stereocenters. The van der Waals surface area contributed by atoms with Crippen LogP contribution in [0.15, 0.2) is 48.8 Å². The standard InChI is InChI=1S/C20H21FN2O2/c21-17-5-1-3-14(7-17)8-20(24)23-12-16-9-18(23)10-19(16)25-13-15-4-2-6-22-11-15/h1-7,11,16,18-19H,8-10,12-13H2. The van der Waals surface area contributed by atoms with E-state index in [1.54, 1.807) is 18.3 Å². The van der Waals surface area contributed by atoms with Gasteiger partial charge < -0.3 is 9.64 Å². The van der Waals surface area contributed by atoms with Crippen LogP contribution in [0.5, 0.6) is 0 Å². The summed E-state index contributed by atoms with van der Waals surface area (Å²) < 4.78 is 19.3. The summed E-state index contributed by atoms with van der Waals surface area (Å²) in [5, 5.41) is 0. The van der Waals surface area contributed by atoms with E-state index in [0.29, 0.717) is 12.5 Å². The average molecular weight is 340 g/mol. The average Bonchev–Trinajstić information content (AvgIpc) is 3.21. The number of fused-ring (bicyclic) bond motifs is 2. The first kappa shape index (κ1) is 16.2. The van der Waals surface area contributed by atoms with E-state index in [9.17, 15) is 9.18 Å². The van der Waals surface area contributed by atoms with Gasteiger partial charge in [-0.25, -0.2) is 4.39 Å². The quantitative estimate of drug-likeness (QED) is 0.840. The van der Waals surface area contributed by atoms with Crippen LogP contribution >= 0.6 is 0 Å². The number of benzene rings is 1. The molecule has 0 spiro atoms. The van der Waals surface area contributed by atoms with Gasteiger partial charge in [-0.1, -0.05) is 18.2 Å². The van der Waals surface area contributed by atoms with Gasteiger partial charge in [0.15, 0.2) is 0 Å². The van der Waals surface area contributed by atoms with Gasteiger partial charge in [0.25, 0.3) is 0 Å². The fourth-order valence-corrected chi connectivity index (χ4v) is 4.03. The zero-order chi connectivity index (χ0) is 17.2. The van der Waals surface area contributed by atoms with Crippen LogP contribution in [0.2, 0.25) is 0 Å². The summed E-state index contributed by atoms with van der Waals surface area (Å²) in [6.07, 6.45) is 5.95. The molecule has 2 bridgehead atoms. The van der Waals surface area contributed by atoms with Gasteiger partial charge in [-0.15, -0.1) is 0 Å². The summed E-state index contributed by atoms with van der Waals surface area (Å²) in [6.45, 7) is 1.31. The second-order valence-electron chi connectivity index (χ2n) is 6.95. The number of carbonyl (C=O) groups excluding carboxylic acids is 1. The minimum Gasteiger partial charge on any atom is -0.373 e. The van der Waals surface area contributed by atoms with E-state index >= 15 is 0 Å². The van der Waals surface area contributed by atoms with E-state index in [1.165, 1.54) is 12.1 Å². The molecule has 1 aromatic carbocycles. The lowest BCUT2D eigenvalue weighted by Gasteiger charge is -2.31. The van der Waals surface area contributed by atoms with Crippen LogP contribution in [-0.4, -0.2) is 34.5 Å². The van der Waals surface area contributed by atoms with Gasteiger partial charge in [0.05, 0.1) is 19.1 Å². The normalized spacial score (nSPS) is 24.7. The first-order chi connectivity index (χ1) is 12.2. The van der Waals surface area contributed by atoms with Gasteiger partial charge in [-0.3, -0.25) is 9.78 Å². The number of pyridine rings is 1. The Labute approximate surface area is 146 Å². The Hall–Kier alpha value is -2.27. The Morgan fingerprint density at radius 1 is 1.24 bits per heavy atom. The molecular formula is C20H21FN2O2. The summed E-state index contributed by atoms with van der Waals surface area (Å²) >= 11 is 0. The summed E-state index contributed by atoms with van der Waals surface area (Å²) in [7, 11) is 0. The van der Waals surface area contributed by atoms with Gasteiger partial charge in [0.1, 0.15) is 5.82 Å². The highest BCUT2D eigenvalue weighted by atomic mass is 19.1. The molecule has 1 aliphatic carbocycles. The largest absolute Gasteiger partial charge is 0.373 e. The fraction of sp³-hybridized carbons (Fsp3) is 0.400. The highest BCUT2D eigenvalue weighted by Gasteiger charge is 2.46. The molecule has 2 fully saturated rings. The van der Waals surface area contributed by atoms with E-state index in [1.807, 2.05) is 23.2 Å². The van der Waals surface area contributed by atoms with Crippen molar-refractivity contribution in [3.63, 3.8) is 0 Å². The number of nitrogens with zero attached hydrogens (tertiary/aromatic N) is 2. The van der Waals surface area contributed by atoms with Gasteiger partial charge in [-0.2, -0.15) is 0 Å². The molecule has 1 aliphatic heterocycles. The maximum atomic E-state index is 13.3. The van der Waals surface area contributed by atoms with E-state index < -0.39 is 0 Å². The lowest BCUT2D eigenvalue weighted by Crippen LogP contribution is -2.43. The number of likely N-dealkylation sites (tertiary alicyclic amines) is 1. The number of halogens is 1. The van der Waals surface area contributed by atoms with E-state index in [4.69, 9.17) is 4.74 Å². The maximum Gasteiger partial charge on any atom is 0.227 e. The van der Waals surface area contributed by atoms with Crippen molar-refractivity contribution in [2.24, 2.45) is 5.92 Å². The third kappa shape index (κ3) is 3.56. The minimum atomic E-state index is -0.294. The first-order valence-electron chi connectivity index (χ1n) is 8.73. The summed E-state index contributed by atoms with van der Waals surface area (Å²) in [4.78, 5) is 18.6. The van der Waals surface area contributed by atoms with Gasteiger partial charge >= 0.3 is 0 Å². The number of piperidine rings is 1. The Morgan fingerprint density at radius 2 is 2.12 bits per heavy atom. The number of aromatic nitrogens is 1.